The minimum absolute atomic E-state index is 0.0842. The summed E-state index contributed by atoms with van der Waals surface area (Å²) in [7, 11) is 1.59. The fourth-order valence-corrected chi connectivity index (χ4v) is 4.32. The largest absolute Gasteiger partial charge is 0.497 e. The van der Waals surface area contributed by atoms with Gasteiger partial charge in [-0.3, -0.25) is 14.5 Å². The maximum absolute atomic E-state index is 12.6. The van der Waals surface area contributed by atoms with Crippen LogP contribution in [0.25, 0.3) is 0 Å². The first-order valence-electron chi connectivity index (χ1n) is 6.83. The third-order valence-corrected chi connectivity index (χ3v) is 6.98. The number of alkyl halides is 2. The number of hydrogen-bond acceptors (Lipinski definition) is 3. The number of nitrogens with zero attached hydrogens (tertiary/aromatic N) is 1. The zero-order chi connectivity index (χ0) is 15.1. The summed E-state index contributed by atoms with van der Waals surface area (Å²) in [6.07, 6.45) is 1.38. The summed E-state index contributed by atoms with van der Waals surface area (Å²) in [5.41, 5.74) is 0.623. The number of benzene rings is 1. The molecule has 2 fully saturated rings. The second kappa shape index (κ2) is 5.72. The highest BCUT2D eigenvalue weighted by molar-refractivity contribution is 9.12. The van der Waals surface area contributed by atoms with Gasteiger partial charge in [0, 0.05) is 9.65 Å². The summed E-state index contributed by atoms with van der Waals surface area (Å²) in [5.74, 6) is 0.116. The number of carbonyl (C=O) groups is 2. The molecule has 1 aromatic carbocycles. The van der Waals surface area contributed by atoms with Crippen molar-refractivity contribution < 1.29 is 14.3 Å². The van der Waals surface area contributed by atoms with Crippen molar-refractivity contribution in [3.63, 3.8) is 0 Å². The van der Waals surface area contributed by atoms with Gasteiger partial charge >= 0.3 is 0 Å². The Hall–Kier alpha value is -0.880. The van der Waals surface area contributed by atoms with Gasteiger partial charge < -0.3 is 4.74 Å². The van der Waals surface area contributed by atoms with E-state index in [1.807, 2.05) is 0 Å². The Morgan fingerprint density at radius 1 is 1.00 bits per heavy atom. The van der Waals surface area contributed by atoms with Crippen LogP contribution in [0.15, 0.2) is 24.3 Å². The van der Waals surface area contributed by atoms with Crippen LogP contribution in [0.5, 0.6) is 5.75 Å². The summed E-state index contributed by atoms with van der Waals surface area (Å²) in [6.45, 7) is 0. The molecule has 0 spiro atoms. The maximum atomic E-state index is 12.6. The van der Waals surface area contributed by atoms with Crippen molar-refractivity contribution in [3.05, 3.63) is 24.3 Å². The highest BCUT2D eigenvalue weighted by Gasteiger charge is 2.52. The molecule has 0 aromatic heterocycles. The molecule has 2 aliphatic rings. The SMILES string of the molecule is COc1ccc(N2C(=O)[C@H]3C[C@@H](Br)[C@H](Br)C[C@@H]3C2=O)cc1. The third kappa shape index (κ3) is 2.52. The van der Waals surface area contributed by atoms with E-state index in [9.17, 15) is 9.59 Å². The molecule has 6 heteroatoms. The number of anilines is 1. The molecule has 2 amide bonds. The summed E-state index contributed by atoms with van der Waals surface area (Å²) in [6, 6.07) is 7.03. The molecular weight excluding hydrogens is 402 g/mol. The molecule has 3 rings (SSSR count). The summed E-state index contributed by atoms with van der Waals surface area (Å²) >= 11 is 7.17. The van der Waals surface area contributed by atoms with Gasteiger partial charge in [0.25, 0.3) is 0 Å². The fourth-order valence-electron chi connectivity index (χ4n) is 3.08. The molecule has 1 heterocycles. The van der Waals surface area contributed by atoms with Gasteiger partial charge in [0.15, 0.2) is 0 Å². The van der Waals surface area contributed by atoms with Crippen LogP contribution in [0.4, 0.5) is 5.69 Å². The Bertz CT molecular complexity index is 547. The van der Waals surface area contributed by atoms with Crippen LogP contribution in [0.2, 0.25) is 0 Å². The van der Waals surface area contributed by atoms with Crippen LogP contribution in [-0.4, -0.2) is 28.6 Å². The van der Waals surface area contributed by atoms with Crippen molar-refractivity contribution in [3.8, 4) is 5.75 Å². The molecule has 1 saturated heterocycles. The van der Waals surface area contributed by atoms with E-state index in [-0.39, 0.29) is 33.3 Å². The number of rotatable bonds is 2. The lowest BCUT2D eigenvalue weighted by Crippen LogP contribution is -2.34. The molecule has 4 atom stereocenters. The van der Waals surface area contributed by atoms with E-state index < -0.39 is 0 Å². The third-order valence-electron chi connectivity index (χ3n) is 4.24. The average molecular weight is 417 g/mol. The van der Waals surface area contributed by atoms with Crippen molar-refractivity contribution in [2.45, 2.75) is 22.5 Å². The van der Waals surface area contributed by atoms with Gasteiger partial charge in [0.2, 0.25) is 11.8 Å². The number of fused-ring (bicyclic) bond motifs is 1. The minimum Gasteiger partial charge on any atom is -0.497 e. The Labute approximate surface area is 140 Å². The van der Waals surface area contributed by atoms with Gasteiger partial charge in [-0.2, -0.15) is 0 Å². The Kier molecular flexibility index (Phi) is 4.10. The monoisotopic (exact) mass is 415 g/mol. The molecule has 21 heavy (non-hydrogen) atoms. The number of amides is 2. The van der Waals surface area contributed by atoms with E-state index in [1.165, 1.54) is 4.90 Å². The molecule has 0 N–H and O–H groups in total. The number of ether oxygens (including phenoxy) is 1. The Balaban J connectivity index is 1.89. The van der Waals surface area contributed by atoms with Crippen LogP contribution in [0.1, 0.15) is 12.8 Å². The molecule has 1 aliphatic carbocycles. The molecule has 112 valence electrons. The number of methoxy groups -OCH3 is 1. The number of hydrogen-bond donors (Lipinski definition) is 0. The minimum atomic E-state index is -0.210. The molecule has 1 aliphatic heterocycles. The van der Waals surface area contributed by atoms with Gasteiger partial charge in [0.05, 0.1) is 24.6 Å². The van der Waals surface area contributed by atoms with Crippen molar-refractivity contribution in [2.24, 2.45) is 11.8 Å². The van der Waals surface area contributed by atoms with E-state index >= 15 is 0 Å². The van der Waals surface area contributed by atoms with E-state index in [4.69, 9.17) is 4.74 Å². The van der Waals surface area contributed by atoms with E-state index in [2.05, 4.69) is 31.9 Å². The van der Waals surface area contributed by atoms with Crippen LogP contribution in [0.3, 0.4) is 0 Å². The van der Waals surface area contributed by atoms with Gasteiger partial charge in [0.1, 0.15) is 5.75 Å². The smallest absolute Gasteiger partial charge is 0.237 e. The Morgan fingerprint density at radius 3 is 1.90 bits per heavy atom. The van der Waals surface area contributed by atoms with Gasteiger partial charge in [-0.1, -0.05) is 31.9 Å². The quantitative estimate of drug-likeness (QED) is 0.549. The lowest BCUT2D eigenvalue weighted by atomic mass is 9.81. The van der Waals surface area contributed by atoms with Crippen LogP contribution in [-0.2, 0) is 9.59 Å². The van der Waals surface area contributed by atoms with Crippen LogP contribution < -0.4 is 9.64 Å². The average Bonchev–Trinajstić information content (AvgIpc) is 2.72. The molecule has 0 unspecified atom stereocenters. The van der Waals surface area contributed by atoms with E-state index in [0.717, 1.165) is 0 Å². The van der Waals surface area contributed by atoms with Crippen molar-refractivity contribution >= 4 is 49.4 Å². The topological polar surface area (TPSA) is 46.6 Å². The lowest BCUT2D eigenvalue weighted by molar-refractivity contribution is -0.122. The first-order valence-corrected chi connectivity index (χ1v) is 8.66. The second-order valence-corrected chi connectivity index (χ2v) is 7.78. The molecule has 1 saturated carbocycles. The fraction of sp³-hybridized carbons (Fsp3) is 0.467. The molecule has 4 nitrogen and oxygen atoms in total. The molecular formula is C15H15Br2NO3. The van der Waals surface area contributed by atoms with Gasteiger partial charge in [-0.05, 0) is 37.1 Å². The predicted octanol–water partition coefficient (Wildman–Crippen LogP) is 3.12. The van der Waals surface area contributed by atoms with Gasteiger partial charge in [-0.15, -0.1) is 0 Å². The Morgan fingerprint density at radius 2 is 1.48 bits per heavy atom. The molecule has 0 radical (unpaired) electrons. The second-order valence-electron chi connectivity index (χ2n) is 5.43. The van der Waals surface area contributed by atoms with Crippen molar-refractivity contribution in [2.75, 3.05) is 12.0 Å². The molecule has 0 bridgehead atoms. The van der Waals surface area contributed by atoms with Crippen molar-refractivity contribution in [1.29, 1.82) is 0 Å². The van der Waals surface area contributed by atoms with Crippen molar-refractivity contribution in [1.82, 2.24) is 0 Å². The number of carbonyl (C=O) groups excluding carboxylic acids is 2. The first kappa shape index (κ1) is 15.0. The van der Waals surface area contributed by atoms with Gasteiger partial charge in [-0.25, -0.2) is 0 Å². The zero-order valence-electron chi connectivity index (χ0n) is 11.5. The normalized spacial score (nSPS) is 32.2. The summed E-state index contributed by atoms with van der Waals surface area (Å²) < 4.78 is 5.11. The van der Waals surface area contributed by atoms with E-state index in [0.29, 0.717) is 24.3 Å². The first-order chi connectivity index (χ1) is 10.0. The number of imide groups is 1. The van der Waals surface area contributed by atoms with E-state index in [1.54, 1.807) is 31.4 Å². The lowest BCUT2D eigenvalue weighted by Gasteiger charge is -2.29. The standard InChI is InChI=1S/C15H15Br2NO3/c1-21-9-4-2-8(3-5-9)18-14(19)10-6-12(16)13(17)7-11(10)15(18)20/h2-5,10-13H,6-7H2,1H3/t10-,11-,12+,13+/m0/s1. The number of halogens is 2. The van der Waals surface area contributed by atoms with Crippen LogP contribution >= 0.6 is 31.9 Å². The highest BCUT2D eigenvalue weighted by Crippen LogP contribution is 2.44. The van der Waals surface area contributed by atoms with Crippen LogP contribution in [0, 0.1) is 11.8 Å². The summed E-state index contributed by atoms with van der Waals surface area (Å²) in [5, 5.41) is 0. The summed E-state index contributed by atoms with van der Waals surface area (Å²) in [4.78, 5) is 27.0. The predicted molar refractivity (Wildman–Crippen MR) is 87.1 cm³/mol. The molecule has 1 aromatic rings. The maximum Gasteiger partial charge on any atom is 0.237 e. The highest BCUT2D eigenvalue weighted by atomic mass is 79.9. The zero-order valence-corrected chi connectivity index (χ0v) is 14.6.